The molecular weight excluding hydrogens is 266 g/mol. The van der Waals surface area contributed by atoms with Gasteiger partial charge in [0, 0.05) is 12.2 Å². The third-order valence-electron chi connectivity index (χ3n) is 2.66. The Morgan fingerprint density at radius 2 is 2.05 bits per heavy atom. The predicted octanol–water partition coefficient (Wildman–Crippen LogP) is 2.90. The summed E-state index contributed by atoms with van der Waals surface area (Å²) in [5, 5.41) is 7.29. The molecule has 0 aliphatic rings. The molecule has 0 bridgehead atoms. The fourth-order valence-corrected chi connectivity index (χ4v) is 1.76. The van der Waals surface area contributed by atoms with E-state index >= 15 is 0 Å². The molecule has 0 spiro atoms. The lowest BCUT2D eigenvalue weighted by Gasteiger charge is -2.09. The molecule has 108 valence electrons. The Morgan fingerprint density at radius 1 is 1.30 bits per heavy atom. The van der Waals surface area contributed by atoms with E-state index in [1.807, 2.05) is 4.68 Å². The van der Waals surface area contributed by atoms with Crippen LogP contribution in [-0.2, 0) is 13.1 Å². The quantitative estimate of drug-likeness (QED) is 0.848. The fourth-order valence-electron chi connectivity index (χ4n) is 1.76. The highest BCUT2D eigenvalue weighted by atomic mass is 19.3. The zero-order valence-electron chi connectivity index (χ0n) is 11.1. The molecule has 1 N–H and O–H groups in total. The number of nitrogens with one attached hydrogen (secondary N) is 1. The van der Waals surface area contributed by atoms with Gasteiger partial charge in [0.2, 0.25) is 0 Å². The van der Waals surface area contributed by atoms with E-state index in [4.69, 9.17) is 0 Å². The van der Waals surface area contributed by atoms with Crippen molar-refractivity contribution in [2.24, 2.45) is 0 Å². The number of hydrogen-bond acceptors (Lipinski definition) is 4. The number of nitrogens with zero attached hydrogens (tertiary/aromatic N) is 3. The molecule has 0 radical (unpaired) electrons. The standard InChI is InChI=1S/C13H16F2N4O/c1-2-7-19-12(17-9-18-19)8-16-10-3-5-11(6-4-10)20-13(14)15/h3-6,9,13,16H,2,7-8H2,1H3. The summed E-state index contributed by atoms with van der Waals surface area (Å²) in [7, 11) is 0. The summed E-state index contributed by atoms with van der Waals surface area (Å²) in [4.78, 5) is 4.17. The minimum atomic E-state index is -2.80. The van der Waals surface area contributed by atoms with Gasteiger partial charge in [-0.05, 0) is 30.7 Å². The van der Waals surface area contributed by atoms with Gasteiger partial charge in [-0.15, -0.1) is 0 Å². The summed E-state index contributed by atoms with van der Waals surface area (Å²) >= 11 is 0. The Morgan fingerprint density at radius 3 is 2.70 bits per heavy atom. The van der Waals surface area contributed by atoms with E-state index in [0.717, 1.165) is 24.5 Å². The highest BCUT2D eigenvalue weighted by Crippen LogP contribution is 2.18. The van der Waals surface area contributed by atoms with Crippen LogP contribution in [0.1, 0.15) is 19.2 Å². The van der Waals surface area contributed by atoms with Crippen LogP contribution in [-0.4, -0.2) is 21.4 Å². The van der Waals surface area contributed by atoms with Crippen molar-refractivity contribution >= 4 is 5.69 Å². The third-order valence-corrected chi connectivity index (χ3v) is 2.66. The molecule has 1 aromatic heterocycles. The first-order valence-corrected chi connectivity index (χ1v) is 6.34. The number of aryl methyl sites for hydroxylation is 1. The molecule has 0 saturated carbocycles. The highest BCUT2D eigenvalue weighted by Gasteiger charge is 2.05. The lowest BCUT2D eigenvalue weighted by atomic mass is 10.3. The number of aromatic nitrogens is 3. The first kappa shape index (κ1) is 14.2. The molecule has 2 aromatic rings. The summed E-state index contributed by atoms with van der Waals surface area (Å²) in [5.74, 6) is 0.972. The normalized spacial score (nSPS) is 10.8. The van der Waals surface area contributed by atoms with E-state index in [1.165, 1.54) is 18.5 Å². The van der Waals surface area contributed by atoms with Crippen molar-refractivity contribution < 1.29 is 13.5 Å². The van der Waals surface area contributed by atoms with Crippen LogP contribution in [0, 0.1) is 0 Å². The number of hydrogen-bond donors (Lipinski definition) is 1. The molecule has 0 fully saturated rings. The van der Waals surface area contributed by atoms with E-state index in [0.29, 0.717) is 6.54 Å². The largest absolute Gasteiger partial charge is 0.435 e. The lowest BCUT2D eigenvalue weighted by Crippen LogP contribution is -2.10. The van der Waals surface area contributed by atoms with Crippen molar-refractivity contribution in [2.45, 2.75) is 33.0 Å². The molecule has 0 aliphatic carbocycles. The number of alkyl halides is 2. The van der Waals surface area contributed by atoms with Gasteiger partial charge in [0.1, 0.15) is 17.9 Å². The molecule has 0 atom stereocenters. The molecular formula is C13H16F2N4O. The van der Waals surface area contributed by atoms with Crippen LogP contribution >= 0.6 is 0 Å². The zero-order valence-corrected chi connectivity index (χ0v) is 11.1. The highest BCUT2D eigenvalue weighted by molar-refractivity contribution is 5.46. The van der Waals surface area contributed by atoms with E-state index in [-0.39, 0.29) is 5.75 Å². The van der Waals surface area contributed by atoms with Crippen molar-refractivity contribution in [1.82, 2.24) is 14.8 Å². The van der Waals surface area contributed by atoms with Crippen molar-refractivity contribution in [2.75, 3.05) is 5.32 Å². The second-order valence-electron chi connectivity index (χ2n) is 4.16. The van der Waals surface area contributed by atoms with Crippen molar-refractivity contribution in [3.63, 3.8) is 0 Å². The minimum absolute atomic E-state index is 0.139. The van der Waals surface area contributed by atoms with Gasteiger partial charge in [0.15, 0.2) is 0 Å². The van der Waals surface area contributed by atoms with Crippen LogP contribution in [0.5, 0.6) is 5.75 Å². The summed E-state index contributed by atoms with van der Waals surface area (Å²) in [6, 6.07) is 6.34. The molecule has 0 unspecified atom stereocenters. The van der Waals surface area contributed by atoms with Gasteiger partial charge in [0.25, 0.3) is 0 Å². The average Bonchev–Trinajstić information content (AvgIpc) is 2.85. The van der Waals surface area contributed by atoms with Crippen molar-refractivity contribution in [3.8, 4) is 5.75 Å². The van der Waals surface area contributed by atoms with E-state index in [1.54, 1.807) is 12.1 Å². The molecule has 0 aliphatic heterocycles. The summed E-state index contributed by atoms with van der Waals surface area (Å²) in [5.41, 5.74) is 0.803. The molecule has 20 heavy (non-hydrogen) atoms. The van der Waals surface area contributed by atoms with Gasteiger partial charge < -0.3 is 10.1 Å². The second-order valence-corrected chi connectivity index (χ2v) is 4.16. The summed E-state index contributed by atoms with van der Waals surface area (Å²) in [6.45, 7) is 0.606. The minimum Gasteiger partial charge on any atom is -0.435 e. The summed E-state index contributed by atoms with van der Waals surface area (Å²) < 4.78 is 30.1. The van der Waals surface area contributed by atoms with Crippen LogP contribution in [0.3, 0.4) is 0 Å². The van der Waals surface area contributed by atoms with Gasteiger partial charge in [-0.2, -0.15) is 13.9 Å². The molecule has 0 amide bonds. The Labute approximate surface area is 115 Å². The van der Waals surface area contributed by atoms with Crippen LogP contribution in [0.4, 0.5) is 14.5 Å². The number of benzene rings is 1. The monoisotopic (exact) mass is 282 g/mol. The van der Waals surface area contributed by atoms with Crippen molar-refractivity contribution in [3.05, 3.63) is 36.4 Å². The number of anilines is 1. The van der Waals surface area contributed by atoms with Gasteiger partial charge in [0.05, 0.1) is 6.54 Å². The number of halogens is 2. The predicted molar refractivity (Wildman–Crippen MR) is 70.7 cm³/mol. The molecule has 2 rings (SSSR count). The summed E-state index contributed by atoms with van der Waals surface area (Å²) in [6.07, 6.45) is 2.50. The van der Waals surface area contributed by atoms with Crippen LogP contribution in [0.2, 0.25) is 0 Å². The number of ether oxygens (including phenoxy) is 1. The van der Waals surface area contributed by atoms with Gasteiger partial charge in [-0.1, -0.05) is 6.92 Å². The maximum absolute atomic E-state index is 12.0. The molecule has 7 heteroatoms. The Kier molecular flexibility index (Phi) is 4.86. The van der Waals surface area contributed by atoms with Gasteiger partial charge in [-0.3, -0.25) is 0 Å². The van der Waals surface area contributed by atoms with Crippen LogP contribution in [0.25, 0.3) is 0 Å². The fraction of sp³-hybridized carbons (Fsp3) is 0.385. The molecule has 1 heterocycles. The third kappa shape index (κ3) is 3.91. The van der Waals surface area contributed by atoms with E-state index in [9.17, 15) is 8.78 Å². The molecule has 1 aromatic carbocycles. The second kappa shape index (κ2) is 6.83. The van der Waals surface area contributed by atoms with Crippen LogP contribution < -0.4 is 10.1 Å². The smallest absolute Gasteiger partial charge is 0.387 e. The van der Waals surface area contributed by atoms with Crippen molar-refractivity contribution in [1.29, 1.82) is 0 Å². The molecule has 0 saturated heterocycles. The zero-order chi connectivity index (χ0) is 14.4. The SMILES string of the molecule is CCCn1ncnc1CNc1ccc(OC(F)F)cc1. The Balaban J connectivity index is 1.92. The Bertz CT molecular complexity index is 527. The number of rotatable bonds is 7. The Hall–Kier alpha value is -2.18. The molecule has 5 nitrogen and oxygen atoms in total. The topological polar surface area (TPSA) is 52.0 Å². The maximum atomic E-state index is 12.0. The van der Waals surface area contributed by atoms with Gasteiger partial charge in [-0.25, -0.2) is 9.67 Å². The maximum Gasteiger partial charge on any atom is 0.387 e. The first-order valence-electron chi connectivity index (χ1n) is 6.34. The lowest BCUT2D eigenvalue weighted by molar-refractivity contribution is -0.0498. The van der Waals surface area contributed by atoms with E-state index in [2.05, 4.69) is 27.1 Å². The van der Waals surface area contributed by atoms with E-state index < -0.39 is 6.61 Å². The first-order chi connectivity index (χ1) is 9.69. The van der Waals surface area contributed by atoms with Gasteiger partial charge >= 0.3 is 6.61 Å². The average molecular weight is 282 g/mol. The van der Waals surface area contributed by atoms with Crippen LogP contribution in [0.15, 0.2) is 30.6 Å².